The summed E-state index contributed by atoms with van der Waals surface area (Å²) in [6.45, 7) is 3.24. The monoisotopic (exact) mass is 346 g/mol. The Morgan fingerprint density at radius 3 is 3.00 bits per heavy atom. The largest absolute Gasteiger partial charge is 0.479 e. The molecule has 10 heteroatoms. The first-order chi connectivity index (χ1) is 12.2. The van der Waals surface area contributed by atoms with Gasteiger partial charge in [-0.05, 0) is 26.0 Å². The molecule has 2 aliphatic rings. The maximum absolute atomic E-state index is 11.7. The number of aromatic nitrogens is 3. The van der Waals surface area contributed by atoms with Crippen molar-refractivity contribution in [3.8, 4) is 6.07 Å². The zero-order valence-electron chi connectivity index (χ0n) is 14.3. The first kappa shape index (κ1) is 14.6. The molecule has 2 aliphatic heterocycles. The lowest BCUT2D eigenvalue weighted by Gasteiger charge is -2.28. The minimum Gasteiger partial charge on any atom is -0.479 e. The lowest BCUT2D eigenvalue weighted by atomic mass is 9.92. The molecule has 0 unspecified atom stereocenters. The fourth-order valence-corrected chi connectivity index (χ4v) is 3.38. The summed E-state index contributed by atoms with van der Waals surface area (Å²) in [6.07, 6.45) is -2.21. The molecule has 0 aliphatic carbocycles. The molecule has 4 rings (SSSR count). The van der Waals surface area contributed by atoms with Crippen molar-refractivity contribution in [2.75, 3.05) is 0 Å². The average Bonchev–Trinajstić information content (AvgIpc) is 3.16. The quantitative estimate of drug-likeness (QED) is 0.686. The molecular weight excluding hydrogens is 330 g/mol. The number of hydrogen-bond acceptors (Lipinski definition) is 7. The van der Waals surface area contributed by atoms with Crippen molar-refractivity contribution >= 4 is 11.5 Å². The summed E-state index contributed by atoms with van der Waals surface area (Å²) in [4.78, 5) is 15.4. The number of rotatable bonds is 2. The van der Waals surface area contributed by atoms with Crippen LogP contribution in [0.5, 0.6) is 0 Å². The van der Waals surface area contributed by atoms with Crippen molar-refractivity contribution in [2.45, 2.75) is 43.5 Å². The Morgan fingerprint density at radius 2 is 2.32 bits per heavy atom. The van der Waals surface area contributed by atoms with E-state index in [1.807, 2.05) is 6.07 Å². The number of hydrogen-bond donors (Lipinski definition) is 3. The number of nitrogens with one attached hydrogen (secondary N) is 2. The van der Waals surface area contributed by atoms with Gasteiger partial charge in [0.2, 0.25) is 5.60 Å². The fourth-order valence-electron chi connectivity index (χ4n) is 3.38. The van der Waals surface area contributed by atoms with Gasteiger partial charge >= 0.3 is 5.97 Å². The molecule has 25 heavy (non-hydrogen) atoms. The highest BCUT2D eigenvalue weighted by atomic mass is 16.8. The van der Waals surface area contributed by atoms with Crippen LogP contribution >= 0.6 is 0 Å². The highest BCUT2D eigenvalue weighted by Crippen LogP contribution is 2.49. The summed E-state index contributed by atoms with van der Waals surface area (Å²) in [6, 6.07) is 3.30. The van der Waals surface area contributed by atoms with Gasteiger partial charge in [0, 0.05) is 0 Å². The van der Waals surface area contributed by atoms with Gasteiger partial charge in [0.25, 0.3) is 0 Å². The van der Waals surface area contributed by atoms with E-state index in [9.17, 15) is 15.2 Å². The Hall–Kier alpha value is -2.74. The van der Waals surface area contributed by atoms with Gasteiger partial charge in [0.15, 0.2) is 17.4 Å². The molecule has 3 N–H and O–H groups in total. The van der Waals surface area contributed by atoms with Gasteiger partial charge in [-0.1, -0.05) is 0 Å². The van der Waals surface area contributed by atoms with Gasteiger partial charge in [-0.15, -0.1) is 0 Å². The lowest BCUT2D eigenvalue weighted by Crippen LogP contribution is -2.41. The van der Waals surface area contributed by atoms with Crippen molar-refractivity contribution in [2.24, 2.45) is 0 Å². The van der Waals surface area contributed by atoms with Crippen LogP contribution in [0, 0.1) is 16.7 Å². The third-order valence-electron chi connectivity index (χ3n) is 4.35. The van der Waals surface area contributed by atoms with Crippen molar-refractivity contribution in [3.63, 3.8) is 0 Å². The molecule has 0 amide bonds. The molecule has 2 aromatic rings. The van der Waals surface area contributed by atoms with Crippen molar-refractivity contribution in [3.05, 3.63) is 29.6 Å². The SMILES string of the molecule is [2H]c1cc([C@]2(C#N)O[C@H](C(=O)O)[C@H]3OC(C)(C)O[C@H]32)n2[nH]cnc(=N)c12. The van der Waals surface area contributed by atoms with E-state index >= 15 is 0 Å². The normalized spacial score (nSPS) is 33.8. The topological polar surface area (TPSA) is 146 Å². The Kier molecular flexibility index (Phi) is 2.85. The van der Waals surface area contributed by atoms with Crippen molar-refractivity contribution in [1.82, 2.24) is 14.6 Å². The van der Waals surface area contributed by atoms with E-state index in [-0.39, 0.29) is 22.7 Å². The lowest BCUT2D eigenvalue weighted by molar-refractivity contribution is -0.206. The summed E-state index contributed by atoms with van der Waals surface area (Å²) in [7, 11) is 0. The molecular formula is C15H15N5O5. The molecule has 2 fully saturated rings. The number of carbonyl (C=O) groups is 1. The van der Waals surface area contributed by atoms with Crippen LogP contribution in [0.3, 0.4) is 0 Å². The van der Waals surface area contributed by atoms with Crippen LogP contribution in [0.2, 0.25) is 0 Å². The molecule has 0 spiro atoms. The Bertz CT molecular complexity index is 1020. The first-order valence-corrected chi connectivity index (χ1v) is 7.48. The first-order valence-electron chi connectivity index (χ1n) is 7.98. The Morgan fingerprint density at radius 1 is 1.56 bits per heavy atom. The molecule has 2 aromatic heterocycles. The Balaban J connectivity index is 1.97. The second-order valence-corrected chi connectivity index (χ2v) is 6.34. The molecule has 0 radical (unpaired) electrons. The molecule has 2 saturated heterocycles. The van der Waals surface area contributed by atoms with E-state index in [0.717, 1.165) is 0 Å². The summed E-state index contributed by atoms with van der Waals surface area (Å²) < 4.78 is 26.6. The molecule has 0 saturated carbocycles. The number of carboxylic acids is 1. The molecule has 130 valence electrons. The molecule has 10 nitrogen and oxygen atoms in total. The van der Waals surface area contributed by atoms with Crippen molar-refractivity contribution in [1.29, 1.82) is 10.7 Å². The molecule has 0 bridgehead atoms. The van der Waals surface area contributed by atoms with Crippen LogP contribution in [0.25, 0.3) is 5.52 Å². The van der Waals surface area contributed by atoms with Crippen LogP contribution in [-0.2, 0) is 24.6 Å². The minimum absolute atomic E-state index is 0.0546. The summed E-state index contributed by atoms with van der Waals surface area (Å²) in [5.74, 6) is -2.38. The van der Waals surface area contributed by atoms with E-state index in [1.165, 1.54) is 16.9 Å². The molecule has 4 atom stereocenters. The average molecular weight is 346 g/mol. The number of aliphatic carboxylic acids is 1. The summed E-state index contributed by atoms with van der Waals surface area (Å²) >= 11 is 0. The van der Waals surface area contributed by atoms with E-state index in [1.54, 1.807) is 13.8 Å². The van der Waals surface area contributed by atoms with Crippen LogP contribution in [0.15, 0.2) is 18.4 Å². The maximum atomic E-state index is 11.7. The highest BCUT2D eigenvalue weighted by molar-refractivity contribution is 5.74. The third kappa shape index (κ3) is 2.03. The summed E-state index contributed by atoms with van der Waals surface area (Å²) in [5.41, 5.74) is -1.72. The number of ether oxygens (including phenoxy) is 3. The standard InChI is InChI=1S/C15H15N5O5/c1-14(2)23-9-10(13(21)22)24-15(5-16,11(9)25-14)8-4-3-7-12(17)18-6-19-20(7)8/h3-4,6,9-11H,1-2H3,(H,21,22)(H2,17,18,19)/t9-,10+,11-,15+/m1/s1/i3D. The minimum atomic E-state index is -1.84. The van der Waals surface area contributed by atoms with Crippen molar-refractivity contribution < 1.29 is 25.5 Å². The number of aromatic amines is 1. The van der Waals surface area contributed by atoms with Gasteiger partial charge in [-0.3, -0.25) is 15.0 Å². The summed E-state index contributed by atoms with van der Waals surface area (Å²) in [5, 5.41) is 30.1. The van der Waals surface area contributed by atoms with E-state index in [4.69, 9.17) is 21.0 Å². The van der Waals surface area contributed by atoms with E-state index in [0.29, 0.717) is 0 Å². The number of H-pyrrole nitrogens is 1. The smallest absolute Gasteiger partial charge is 0.335 e. The zero-order chi connectivity index (χ0) is 18.9. The molecule has 4 heterocycles. The zero-order valence-corrected chi connectivity index (χ0v) is 13.3. The van der Waals surface area contributed by atoms with Crippen LogP contribution in [-0.4, -0.2) is 49.8 Å². The van der Waals surface area contributed by atoms with Gasteiger partial charge in [-0.25, -0.2) is 9.78 Å². The number of carboxylic acid groups (broad SMARTS) is 1. The number of fused-ring (bicyclic) bond motifs is 2. The van der Waals surface area contributed by atoms with Crippen LogP contribution in [0.4, 0.5) is 0 Å². The van der Waals surface area contributed by atoms with Gasteiger partial charge in [-0.2, -0.15) is 5.26 Å². The number of nitriles is 1. The second-order valence-electron chi connectivity index (χ2n) is 6.34. The predicted molar refractivity (Wildman–Crippen MR) is 79.0 cm³/mol. The van der Waals surface area contributed by atoms with Crippen LogP contribution in [0.1, 0.15) is 20.9 Å². The second kappa shape index (κ2) is 4.89. The predicted octanol–water partition coefficient (Wildman–Crippen LogP) is -0.136. The maximum Gasteiger partial charge on any atom is 0.335 e. The van der Waals surface area contributed by atoms with Crippen LogP contribution < -0.4 is 5.49 Å². The number of nitrogens with zero attached hydrogens (tertiary/aromatic N) is 3. The fraction of sp³-hybridized carbons (Fsp3) is 0.467. The van der Waals surface area contributed by atoms with Gasteiger partial charge in [0.1, 0.15) is 30.1 Å². The van der Waals surface area contributed by atoms with Gasteiger partial charge < -0.3 is 19.3 Å². The highest BCUT2D eigenvalue weighted by Gasteiger charge is 2.67. The molecule has 0 aromatic carbocycles. The third-order valence-corrected chi connectivity index (χ3v) is 4.35. The van der Waals surface area contributed by atoms with Gasteiger partial charge in [0.05, 0.1) is 7.06 Å². The Labute approximate surface area is 142 Å². The van der Waals surface area contributed by atoms with E-state index < -0.39 is 35.7 Å². The van der Waals surface area contributed by atoms with E-state index in [2.05, 4.69) is 10.1 Å².